The van der Waals surface area contributed by atoms with E-state index < -0.39 is 0 Å². The third-order valence-electron chi connectivity index (χ3n) is 4.30. The first-order valence-corrected chi connectivity index (χ1v) is 10.3. The summed E-state index contributed by atoms with van der Waals surface area (Å²) in [7, 11) is 3.23. The van der Waals surface area contributed by atoms with Gasteiger partial charge in [-0.15, -0.1) is 5.10 Å². The molecule has 1 amide bonds. The average Bonchev–Trinajstić information content (AvgIpc) is 3.24. The molecule has 8 heteroatoms. The van der Waals surface area contributed by atoms with Crippen LogP contribution in [0, 0.1) is 0 Å². The summed E-state index contributed by atoms with van der Waals surface area (Å²) in [6.45, 7) is 0.543. The molecule has 0 atom stereocenters. The summed E-state index contributed by atoms with van der Waals surface area (Å²) in [5.41, 5.74) is 1.89. The zero-order valence-corrected chi connectivity index (χ0v) is 17.3. The maximum Gasteiger partial charge on any atom is 0.220 e. The second-order valence-corrected chi connectivity index (χ2v) is 7.23. The number of amides is 1. The molecule has 0 aliphatic rings. The Bertz CT molecular complexity index is 908. The normalized spacial score (nSPS) is 10.6. The third kappa shape index (κ3) is 5.74. The van der Waals surface area contributed by atoms with Crippen LogP contribution in [0.5, 0.6) is 11.5 Å². The van der Waals surface area contributed by atoms with Gasteiger partial charge < -0.3 is 14.8 Å². The average molecular weight is 413 g/mol. The number of nitrogens with zero attached hydrogens (tertiary/aromatic N) is 2. The van der Waals surface area contributed by atoms with Crippen LogP contribution in [0.2, 0.25) is 0 Å². The molecule has 7 nitrogen and oxygen atoms in total. The van der Waals surface area contributed by atoms with Crippen molar-refractivity contribution in [2.24, 2.45) is 0 Å². The third-order valence-corrected chi connectivity index (χ3v) is 5.15. The molecule has 0 radical (unpaired) electrons. The summed E-state index contributed by atoms with van der Waals surface area (Å²) in [5.74, 6) is 2.87. The fourth-order valence-electron chi connectivity index (χ4n) is 2.87. The number of carbonyl (C=O) groups excluding carboxylic acids is 1. The van der Waals surface area contributed by atoms with Crippen molar-refractivity contribution in [1.82, 2.24) is 20.5 Å². The van der Waals surface area contributed by atoms with Gasteiger partial charge in [0, 0.05) is 29.8 Å². The lowest BCUT2D eigenvalue weighted by molar-refractivity contribution is -0.120. The number of rotatable bonds is 10. The van der Waals surface area contributed by atoms with Gasteiger partial charge in [0.05, 0.1) is 14.2 Å². The number of aromatic amines is 1. The van der Waals surface area contributed by atoms with Gasteiger partial charge in [-0.05, 0) is 18.6 Å². The van der Waals surface area contributed by atoms with E-state index in [4.69, 9.17) is 9.47 Å². The molecule has 152 valence electrons. The smallest absolute Gasteiger partial charge is 0.220 e. The number of aromatic nitrogens is 3. The van der Waals surface area contributed by atoms with Gasteiger partial charge in [0.25, 0.3) is 0 Å². The highest BCUT2D eigenvalue weighted by molar-refractivity contribution is 7.99. The monoisotopic (exact) mass is 412 g/mol. The number of methoxy groups -OCH3 is 2. The Kier molecular flexibility index (Phi) is 7.52. The van der Waals surface area contributed by atoms with E-state index in [2.05, 4.69) is 20.5 Å². The van der Waals surface area contributed by atoms with Gasteiger partial charge in [-0.3, -0.25) is 9.89 Å². The van der Waals surface area contributed by atoms with Gasteiger partial charge in [0.2, 0.25) is 11.1 Å². The minimum absolute atomic E-state index is 0.0153. The summed E-state index contributed by atoms with van der Waals surface area (Å²) in [6, 6.07) is 15.4. The lowest BCUT2D eigenvalue weighted by Gasteiger charge is -2.12. The van der Waals surface area contributed by atoms with Crippen molar-refractivity contribution >= 4 is 17.7 Å². The Labute approximate surface area is 174 Å². The number of thioether (sulfide) groups is 1. The molecule has 0 saturated heterocycles. The number of H-pyrrole nitrogens is 1. The highest BCUT2D eigenvalue weighted by Crippen LogP contribution is 2.29. The number of carbonyl (C=O) groups is 1. The quantitative estimate of drug-likeness (QED) is 0.392. The zero-order chi connectivity index (χ0) is 20.5. The van der Waals surface area contributed by atoms with Crippen molar-refractivity contribution in [1.29, 1.82) is 0 Å². The van der Waals surface area contributed by atoms with Crippen LogP contribution in [0.1, 0.15) is 12.0 Å². The Morgan fingerprint density at radius 1 is 1.07 bits per heavy atom. The minimum Gasteiger partial charge on any atom is -0.496 e. The molecule has 2 aromatic carbocycles. The number of ether oxygens (including phenoxy) is 2. The predicted octanol–water partition coefficient (Wildman–Crippen LogP) is 3.33. The molecule has 0 aliphatic carbocycles. The van der Waals surface area contributed by atoms with Crippen molar-refractivity contribution in [3.05, 3.63) is 54.1 Å². The van der Waals surface area contributed by atoms with Gasteiger partial charge >= 0.3 is 0 Å². The number of hydrogen-bond acceptors (Lipinski definition) is 6. The molecule has 0 fully saturated rings. The van der Waals surface area contributed by atoms with E-state index in [-0.39, 0.29) is 5.91 Å². The standard InChI is InChI=1S/C21H24N4O3S/c1-27-17-9-6-10-18(28-2)16(17)11-12-19(26)22-13-14-29-21-23-20(24-25-21)15-7-4-3-5-8-15/h3-10H,11-14H2,1-2H3,(H,22,26)(H,23,24,25). The Balaban J connectivity index is 1.42. The predicted molar refractivity (Wildman–Crippen MR) is 113 cm³/mol. The molecule has 1 aromatic heterocycles. The van der Waals surface area contributed by atoms with Crippen LogP contribution in [0.25, 0.3) is 11.4 Å². The molecule has 0 bridgehead atoms. The molecule has 3 aromatic rings. The molecule has 0 saturated carbocycles. The lowest BCUT2D eigenvalue weighted by atomic mass is 10.1. The van der Waals surface area contributed by atoms with E-state index in [1.165, 1.54) is 11.8 Å². The topological polar surface area (TPSA) is 89.1 Å². The molecule has 0 unspecified atom stereocenters. The van der Waals surface area contributed by atoms with Crippen molar-refractivity contribution < 1.29 is 14.3 Å². The highest BCUT2D eigenvalue weighted by atomic mass is 32.2. The number of benzene rings is 2. The minimum atomic E-state index is -0.0153. The van der Waals surface area contributed by atoms with E-state index in [1.54, 1.807) is 14.2 Å². The number of nitrogens with one attached hydrogen (secondary N) is 2. The first-order chi connectivity index (χ1) is 14.2. The summed E-state index contributed by atoms with van der Waals surface area (Å²) in [6.07, 6.45) is 0.910. The van der Waals surface area contributed by atoms with E-state index in [1.807, 2.05) is 48.5 Å². The fourth-order valence-corrected chi connectivity index (χ4v) is 3.52. The Morgan fingerprint density at radius 2 is 1.79 bits per heavy atom. The Morgan fingerprint density at radius 3 is 2.48 bits per heavy atom. The van der Waals surface area contributed by atoms with Crippen molar-refractivity contribution in [3.63, 3.8) is 0 Å². The molecular weight excluding hydrogens is 388 g/mol. The number of hydrogen-bond donors (Lipinski definition) is 2. The summed E-state index contributed by atoms with van der Waals surface area (Å²) < 4.78 is 10.7. The van der Waals surface area contributed by atoms with Gasteiger partial charge in [-0.2, -0.15) is 0 Å². The molecule has 2 N–H and O–H groups in total. The van der Waals surface area contributed by atoms with E-state index in [9.17, 15) is 4.79 Å². The molecule has 3 rings (SSSR count). The SMILES string of the molecule is COc1cccc(OC)c1CCC(=O)NCCSc1n[nH]c(-c2ccccc2)n1. The van der Waals surface area contributed by atoms with Crippen LogP contribution >= 0.6 is 11.8 Å². The van der Waals surface area contributed by atoms with Crippen LogP contribution < -0.4 is 14.8 Å². The van der Waals surface area contributed by atoms with Crippen molar-refractivity contribution in [2.45, 2.75) is 18.0 Å². The summed E-state index contributed by atoms with van der Waals surface area (Å²) in [5, 5.41) is 10.7. The fraction of sp³-hybridized carbons (Fsp3) is 0.286. The molecule has 1 heterocycles. The molecule has 0 aliphatic heterocycles. The van der Waals surface area contributed by atoms with Gasteiger partial charge in [0.1, 0.15) is 11.5 Å². The first kappa shape index (κ1) is 20.7. The molecule has 0 spiro atoms. The van der Waals surface area contributed by atoms with Crippen LogP contribution in [0.4, 0.5) is 0 Å². The van der Waals surface area contributed by atoms with Crippen LogP contribution in [-0.4, -0.2) is 47.6 Å². The summed E-state index contributed by atoms with van der Waals surface area (Å²) >= 11 is 1.50. The summed E-state index contributed by atoms with van der Waals surface area (Å²) in [4.78, 5) is 16.6. The second kappa shape index (κ2) is 10.5. The largest absolute Gasteiger partial charge is 0.496 e. The van der Waals surface area contributed by atoms with Crippen LogP contribution in [-0.2, 0) is 11.2 Å². The van der Waals surface area contributed by atoms with Crippen molar-refractivity contribution in [2.75, 3.05) is 26.5 Å². The zero-order valence-electron chi connectivity index (χ0n) is 16.5. The van der Waals surface area contributed by atoms with Gasteiger partial charge in [0.15, 0.2) is 5.82 Å². The maximum atomic E-state index is 12.2. The van der Waals surface area contributed by atoms with Crippen LogP contribution in [0.15, 0.2) is 53.7 Å². The molecular formula is C21H24N4O3S. The Hall–Kier alpha value is -3.00. The lowest BCUT2D eigenvalue weighted by Crippen LogP contribution is -2.26. The van der Waals surface area contributed by atoms with E-state index >= 15 is 0 Å². The van der Waals surface area contributed by atoms with E-state index in [0.29, 0.717) is 30.3 Å². The van der Waals surface area contributed by atoms with Gasteiger partial charge in [-0.25, -0.2) is 4.98 Å². The first-order valence-electron chi connectivity index (χ1n) is 9.28. The highest BCUT2D eigenvalue weighted by Gasteiger charge is 2.12. The van der Waals surface area contributed by atoms with Crippen LogP contribution in [0.3, 0.4) is 0 Å². The molecule has 29 heavy (non-hydrogen) atoms. The van der Waals surface area contributed by atoms with E-state index in [0.717, 1.165) is 28.5 Å². The van der Waals surface area contributed by atoms with Gasteiger partial charge in [-0.1, -0.05) is 48.2 Å². The van der Waals surface area contributed by atoms with Crippen molar-refractivity contribution in [3.8, 4) is 22.9 Å². The second-order valence-electron chi connectivity index (χ2n) is 6.17. The maximum absolute atomic E-state index is 12.2.